The van der Waals surface area contributed by atoms with E-state index >= 15 is 0 Å². The second-order valence-corrected chi connectivity index (χ2v) is 5.41. The number of carbonyl (C=O) groups is 1. The number of nitrogens with one attached hydrogen (secondary N) is 1. The second kappa shape index (κ2) is 7.75. The van der Waals surface area contributed by atoms with Gasteiger partial charge in [0.2, 0.25) is 5.91 Å². The van der Waals surface area contributed by atoms with Gasteiger partial charge in [-0.05, 0) is 25.3 Å². The predicted octanol–water partition coefficient (Wildman–Crippen LogP) is 1.07. The molecule has 1 heterocycles. The van der Waals surface area contributed by atoms with E-state index in [1.165, 1.54) is 0 Å². The van der Waals surface area contributed by atoms with E-state index in [-0.39, 0.29) is 24.9 Å². The van der Waals surface area contributed by atoms with E-state index in [0.29, 0.717) is 26.1 Å². The van der Waals surface area contributed by atoms with Crippen LogP contribution in [0.5, 0.6) is 0 Å². The first-order valence-corrected chi connectivity index (χ1v) is 6.91. The summed E-state index contributed by atoms with van der Waals surface area (Å²) in [7, 11) is 0. The molecule has 118 valence electrons. The maximum Gasteiger partial charge on any atom is 0.240 e. The molecule has 1 saturated heterocycles. The predicted molar refractivity (Wildman–Crippen MR) is 83.4 cm³/mol. The molecule has 1 aromatic rings. The number of halogens is 1. The van der Waals surface area contributed by atoms with Gasteiger partial charge in [0.05, 0.1) is 11.6 Å². The smallest absolute Gasteiger partial charge is 0.240 e. The van der Waals surface area contributed by atoms with Crippen LogP contribution >= 0.6 is 12.4 Å². The third-order valence-electron chi connectivity index (χ3n) is 3.76. The Bertz CT molecular complexity index is 458. The number of carbonyl (C=O) groups excluding carboxylic acids is 1. The van der Waals surface area contributed by atoms with Crippen LogP contribution in [0.25, 0.3) is 0 Å². The summed E-state index contributed by atoms with van der Waals surface area (Å²) < 4.78 is 5.21. The molecule has 0 bridgehead atoms. The molecule has 2 rings (SSSR count). The van der Waals surface area contributed by atoms with Crippen molar-refractivity contribution in [3.63, 3.8) is 0 Å². The van der Waals surface area contributed by atoms with Crippen molar-refractivity contribution < 1.29 is 14.6 Å². The van der Waals surface area contributed by atoms with Crippen molar-refractivity contribution >= 4 is 18.3 Å². The Morgan fingerprint density at radius 3 is 2.52 bits per heavy atom. The van der Waals surface area contributed by atoms with E-state index in [2.05, 4.69) is 5.32 Å². The van der Waals surface area contributed by atoms with Gasteiger partial charge in [-0.25, -0.2) is 0 Å². The minimum atomic E-state index is -0.870. The van der Waals surface area contributed by atoms with Crippen LogP contribution < -0.4 is 11.1 Å². The molecule has 0 aromatic heterocycles. The van der Waals surface area contributed by atoms with E-state index in [4.69, 9.17) is 10.5 Å². The standard InChI is InChI=1S/C15H22N2O3.ClH/c1-11-2-4-12(5-3-11)13(18)10-17-14(19)15(16)6-8-20-9-7-15;/h2-5,13,18H,6-10,16H2,1H3,(H,17,19);1H. The summed E-state index contributed by atoms with van der Waals surface area (Å²) >= 11 is 0. The van der Waals surface area contributed by atoms with E-state index in [9.17, 15) is 9.90 Å². The summed E-state index contributed by atoms with van der Waals surface area (Å²) in [6.07, 6.45) is 0.307. The lowest BCUT2D eigenvalue weighted by molar-refractivity contribution is -0.130. The normalized spacial score (nSPS) is 18.4. The Kier molecular flexibility index (Phi) is 6.61. The first-order valence-electron chi connectivity index (χ1n) is 6.91. The van der Waals surface area contributed by atoms with Gasteiger partial charge in [0.1, 0.15) is 0 Å². The van der Waals surface area contributed by atoms with Crippen molar-refractivity contribution in [2.75, 3.05) is 19.8 Å². The lowest BCUT2D eigenvalue weighted by Crippen LogP contribution is -2.57. The van der Waals surface area contributed by atoms with Gasteiger partial charge >= 0.3 is 0 Å². The van der Waals surface area contributed by atoms with Crippen molar-refractivity contribution in [2.24, 2.45) is 5.73 Å². The van der Waals surface area contributed by atoms with Crippen LogP contribution in [0.15, 0.2) is 24.3 Å². The minimum Gasteiger partial charge on any atom is -0.387 e. The monoisotopic (exact) mass is 314 g/mol. The summed E-state index contributed by atoms with van der Waals surface area (Å²) in [6, 6.07) is 7.59. The zero-order valence-electron chi connectivity index (χ0n) is 12.2. The number of amides is 1. The number of aliphatic hydroxyl groups excluding tert-OH is 1. The molecule has 0 radical (unpaired) electrons. The summed E-state index contributed by atoms with van der Waals surface area (Å²) in [4.78, 5) is 12.1. The molecule has 4 N–H and O–H groups in total. The van der Waals surface area contributed by atoms with Crippen molar-refractivity contribution in [3.8, 4) is 0 Å². The minimum absolute atomic E-state index is 0. The summed E-state index contributed by atoms with van der Waals surface area (Å²) in [5.74, 6) is -0.216. The quantitative estimate of drug-likeness (QED) is 0.776. The van der Waals surface area contributed by atoms with Crippen LogP contribution in [0.3, 0.4) is 0 Å². The number of aryl methyl sites for hydroxylation is 1. The highest BCUT2D eigenvalue weighted by Crippen LogP contribution is 2.18. The van der Waals surface area contributed by atoms with Crippen LogP contribution in [-0.2, 0) is 9.53 Å². The number of ether oxygens (including phenoxy) is 1. The number of benzene rings is 1. The van der Waals surface area contributed by atoms with Gasteiger partial charge in [0, 0.05) is 19.8 Å². The number of hydrogen-bond acceptors (Lipinski definition) is 4. The zero-order valence-corrected chi connectivity index (χ0v) is 13.0. The van der Waals surface area contributed by atoms with Gasteiger partial charge in [-0.3, -0.25) is 4.79 Å². The molecular weight excluding hydrogens is 292 g/mol. The Morgan fingerprint density at radius 2 is 1.95 bits per heavy atom. The van der Waals surface area contributed by atoms with E-state index in [1.807, 2.05) is 31.2 Å². The topological polar surface area (TPSA) is 84.6 Å². The van der Waals surface area contributed by atoms with E-state index in [0.717, 1.165) is 11.1 Å². The third-order valence-corrected chi connectivity index (χ3v) is 3.76. The SMILES string of the molecule is Cc1ccc(C(O)CNC(=O)C2(N)CCOCC2)cc1.Cl. The average molecular weight is 315 g/mol. The molecule has 1 unspecified atom stereocenters. The Balaban J connectivity index is 0.00000220. The number of nitrogens with two attached hydrogens (primary N) is 1. The van der Waals surface area contributed by atoms with Crippen molar-refractivity contribution in [2.45, 2.75) is 31.4 Å². The molecule has 0 spiro atoms. The van der Waals surface area contributed by atoms with Crippen LogP contribution in [0.4, 0.5) is 0 Å². The fourth-order valence-corrected chi connectivity index (χ4v) is 2.23. The molecule has 6 heteroatoms. The molecule has 1 aromatic carbocycles. The zero-order chi connectivity index (χ0) is 14.6. The fourth-order valence-electron chi connectivity index (χ4n) is 2.23. The lowest BCUT2D eigenvalue weighted by atomic mass is 9.90. The summed E-state index contributed by atoms with van der Waals surface area (Å²) in [6.45, 7) is 3.16. The molecular formula is C15H23ClN2O3. The highest BCUT2D eigenvalue weighted by Gasteiger charge is 2.35. The lowest BCUT2D eigenvalue weighted by Gasteiger charge is -2.32. The van der Waals surface area contributed by atoms with Gasteiger partial charge in [-0.15, -0.1) is 12.4 Å². The van der Waals surface area contributed by atoms with Crippen molar-refractivity contribution in [1.29, 1.82) is 0 Å². The Morgan fingerprint density at radius 1 is 1.38 bits per heavy atom. The molecule has 5 nitrogen and oxygen atoms in total. The van der Waals surface area contributed by atoms with E-state index in [1.54, 1.807) is 0 Å². The number of hydrogen-bond donors (Lipinski definition) is 3. The van der Waals surface area contributed by atoms with Gasteiger partial charge in [-0.2, -0.15) is 0 Å². The van der Waals surface area contributed by atoms with Crippen LogP contribution in [0.2, 0.25) is 0 Å². The fraction of sp³-hybridized carbons (Fsp3) is 0.533. The summed E-state index contributed by atoms with van der Waals surface area (Å²) in [5, 5.41) is 12.8. The Hall–Kier alpha value is -1.14. The average Bonchev–Trinajstić information content (AvgIpc) is 2.46. The molecule has 0 saturated carbocycles. The molecule has 0 aliphatic carbocycles. The summed E-state index contributed by atoms with van der Waals surface area (Å²) in [5.41, 5.74) is 7.12. The highest BCUT2D eigenvalue weighted by atomic mass is 35.5. The first-order chi connectivity index (χ1) is 9.51. The van der Waals surface area contributed by atoms with Crippen molar-refractivity contribution in [1.82, 2.24) is 5.32 Å². The highest BCUT2D eigenvalue weighted by molar-refractivity contribution is 5.86. The largest absolute Gasteiger partial charge is 0.387 e. The molecule has 1 aliphatic rings. The second-order valence-electron chi connectivity index (χ2n) is 5.41. The van der Waals surface area contributed by atoms with Gasteiger partial charge < -0.3 is 20.9 Å². The maximum atomic E-state index is 12.1. The van der Waals surface area contributed by atoms with E-state index < -0.39 is 11.6 Å². The van der Waals surface area contributed by atoms with Crippen LogP contribution in [0.1, 0.15) is 30.1 Å². The maximum absolute atomic E-state index is 12.1. The van der Waals surface area contributed by atoms with Gasteiger partial charge in [0.15, 0.2) is 0 Å². The molecule has 21 heavy (non-hydrogen) atoms. The first kappa shape index (κ1) is 17.9. The number of rotatable bonds is 4. The number of aliphatic hydroxyl groups is 1. The molecule has 1 aliphatic heterocycles. The van der Waals surface area contributed by atoms with Crippen LogP contribution in [0, 0.1) is 6.92 Å². The van der Waals surface area contributed by atoms with Gasteiger partial charge in [0.25, 0.3) is 0 Å². The Labute approximate surface area is 131 Å². The molecule has 1 atom stereocenters. The van der Waals surface area contributed by atoms with Crippen LogP contribution in [-0.4, -0.2) is 36.3 Å². The van der Waals surface area contributed by atoms with Gasteiger partial charge in [-0.1, -0.05) is 29.8 Å². The van der Waals surface area contributed by atoms with Crippen molar-refractivity contribution in [3.05, 3.63) is 35.4 Å². The molecule has 1 amide bonds. The molecule has 1 fully saturated rings. The third kappa shape index (κ3) is 4.68.